The van der Waals surface area contributed by atoms with Crippen molar-refractivity contribution in [1.29, 1.82) is 0 Å². The van der Waals surface area contributed by atoms with Crippen molar-refractivity contribution in [3.8, 4) is 0 Å². The van der Waals surface area contributed by atoms with E-state index in [1.807, 2.05) is 27.8 Å². The molecule has 1 aromatic heterocycles. The highest BCUT2D eigenvalue weighted by Crippen LogP contribution is 2.27. The molecule has 1 aromatic rings. The quantitative estimate of drug-likeness (QED) is 0.842. The summed E-state index contributed by atoms with van der Waals surface area (Å²) in [6, 6.07) is 0. The summed E-state index contributed by atoms with van der Waals surface area (Å²) in [5.41, 5.74) is 0.650. The third kappa shape index (κ3) is 3.78. The first-order chi connectivity index (χ1) is 7.86. The van der Waals surface area contributed by atoms with Crippen molar-refractivity contribution in [2.24, 2.45) is 0 Å². The number of hydrogen-bond acceptors (Lipinski definition) is 4. The fourth-order valence-corrected chi connectivity index (χ4v) is 2.42. The number of nitrogens with one attached hydrogen (secondary N) is 2. The van der Waals surface area contributed by atoms with Crippen LogP contribution in [-0.2, 0) is 10.3 Å². The van der Waals surface area contributed by atoms with E-state index in [0.29, 0.717) is 13.0 Å². The molecule has 0 unspecified atom stereocenters. The van der Waals surface area contributed by atoms with Crippen LogP contribution >= 0.6 is 11.3 Å². The highest BCUT2D eigenvalue weighted by atomic mass is 32.1. The first-order valence-corrected chi connectivity index (χ1v) is 6.58. The van der Waals surface area contributed by atoms with Crippen molar-refractivity contribution < 1.29 is 4.79 Å². The van der Waals surface area contributed by atoms with Gasteiger partial charge in [0, 0.05) is 17.8 Å². The average Bonchev–Trinajstić information content (AvgIpc) is 2.56. The number of nitrogens with zero attached hydrogens (tertiary/aromatic N) is 1. The van der Waals surface area contributed by atoms with E-state index in [1.165, 1.54) is 4.88 Å². The smallest absolute Gasteiger partial charge is 0.222 e. The number of amides is 1. The summed E-state index contributed by atoms with van der Waals surface area (Å²) >= 11 is 1.65. The third-order valence-corrected chi connectivity index (χ3v) is 4.01. The molecule has 0 spiro atoms. The monoisotopic (exact) mass is 255 g/mol. The Balaban J connectivity index is 2.70. The Bertz CT molecular complexity index is 379. The van der Waals surface area contributed by atoms with E-state index in [0.717, 1.165) is 10.7 Å². The molecule has 0 radical (unpaired) electrons. The molecule has 0 aliphatic rings. The minimum absolute atomic E-state index is 0.0508. The van der Waals surface area contributed by atoms with Gasteiger partial charge in [-0.1, -0.05) is 0 Å². The normalized spacial score (nSPS) is 11.6. The van der Waals surface area contributed by atoms with Gasteiger partial charge in [0.2, 0.25) is 5.91 Å². The number of carbonyl (C=O) groups is 1. The van der Waals surface area contributed by atoms with Crippen molar-refractivity contribution in [3.05, 3.63) is 15.6 Å². The minimum atomic E-state index is -0.394. The van der Waals surface area contributed by atoms with Gasteiger partial charge >= 0.3 is 0 Å². The summed E-state index contributed by atoms with van der Waals surface area (Å²) in [7, 11) is 1.84. The zero-order valence-electron chi connectivity index (χ0n) is 11.2. The van der Waals surface area contributed by atoms with Gasteiger partial charge in [-0.3, -0.25) is 4.79 Å². The lowest BCUT2D eigenvalue weighted by Crippen LogP contribution is -2.41. The molecule has 0 aliphatic heterocycles. The van der Waals surface area contributed by atoms with E-state index in [4.69, 9.17) is 0 Å². The van der Waals surface area contributed by atoms with E-state index < -0.39 is 5.54 Å². The zero-order chi connectivity index (χ0) is 13.1. The summed E-state index contributed by atoms with van der Waals surface area (Å²) in [5, 5.41) is 6.94. The van der Waals surface area contributed by atoms with Gasteiger partial charge in [0.1, 0.15) is 5.01 Å². The molecule has 96 valence electrons. The van der Waals surface area contributed by atoms with Gasteiger partial charge in [-0.15, -0.1) is 11.3 Å². The predicted octanol–water partition coefficient (Wildman–Crippen LogP) is 1.72. The van der Waals surface area contributed by atoms with Crippen LogP contribution in [0, 0.1) is 13.8 Å². The van der Waals surface area contributed by atoms with Crippen molar-refractivity contribution in [1.82, 2.24) is 15.6 Å². The molecule has 2 N–H and O–H groups in total. The Labute approximate surface area is 107 Å². The minimum Gasteiger partial charge on any atom is -0.345 e. The third-order valence-electron chi connectivity index (χ3n) is 2.62. The fourth-order valence-electron chi connectivity index (χ4n) is 1.44. The fraction of sp³-hybridized carbons (Fsp3) is 0.667. The molecule has 4 nitrogen and oxygen atoms in total. The maximum absolute atomic E-state index is 11.7. The van der Waals surface area contributed by atoms with Crippen LogP contribution in [0.1, 0.15) is 35.8 Å². The van der Waals surface area contributed by atoms with Crippen LogP contribution in [0.4, 0.5) is 0 Å². The number of carbonyl (C=O) groups excluding carboxylic acids is 1. The largest absolute Gasteiger partial charge is 0.345 e. The van der Waals surface area contributed by atoms with Crippen LogP contribution < -0.4 is 10.6 Å². The zero-order valence-corrected chi connectivity index (χ0v) is 12.0. The second-order valence-corrected chi connectivity index (χ2v) is 5.89. The summed E-state index contributed by atoms with van der Waals surface area (Å²) in [6.07, 6.45) is 0.489. The molecule has 0 saturated carbocycles. The Hall–Kier alpha value is -0.940. The molecule has 0 atom stereocenters. The molecule has 0 aliphatic carbocycles. The molecule has 0 bridgehead atoms. The van der Waals surface area contributed by atoms with Gasteiger partial charge in [-0.2, -0.15) is 0 Å². The van der Waals surface area contributed by atoms with Crippen molar-refractivity contribution >= 4 is 17.2 Å². The second kappa shape index (κ2) is 5.60. The highest BCUT2D eigenvalue weighted by molar-refractivity contribution is 7.11. The van der Waals surface area contributed by atoms with Crippen molar-refractivity contribution in [3.63, 3.8) is 0 Å². The molecule has 1 amide bonds. The van der Waals surface area contributed by atoms with Gasteiger partial charge in [-0.05, 0) is 34.7 Å². The standard InChI is InChI=1S/C12H21N3OS/c1-8-9(2)17-11(14-8)12(3,4)15-10(16)6-7-13-5/h13H,6-7H2,1-5H3,(H,15,16). The topological polar surface area (TPSA) is 54.0 Å². The van der Waals surface area contributed by atoms with Gasteiger partial charge in [0.25, 0.3) is 0 Å². The Morgan fingerprint density at radius 3 is 2.53 bits per heavy atom. The van der Waals surface area contributed by atoms with Crippen LogP contribution in [0.25, 0.3) is 0 Å². The van der Waals surface area contributed by atoms with E-state index in [-0.39, 0.29) is 5.91 Å². The number of aromatic nitrogens is 1. The van der Waals surface area contributed by atoms with E-state index >= 15 is 0 Å². The predicted molar refractivity (Wildman–Crippen MR) is 71.3 cm³/mol. The Morgan fingerprint density at radius 2 is 2.06 bits per heavy atom. The first-order valence-electron chi connectivity index (χ1n) is 5.77. The highest BCUT2D eigenvalue weighted by Gasteiger charge is 2.26. The second-order valence-electron chi connectivity index (χ2n) is 4.69. The molecule has 0 aromatic carbocycles. The molecular weight excluding hydrogens is 234 g/mol. The molecular formula is C12H21N3OS. The van der Waals surface area contributed by atoms with Gasteiger partial charge in [0.15, 0.2) is 0 Å². The Kier molecular flexibility index (Phi) is 4.65. The molecule has 17 heavy (non-hydrogen) atoms. The van der Waals surface area contributed by atoms with Gasteiger partial charge in [0.05, 0.1) is 11.2 Å². The van der Waals surface area contributed by atoms with E-state index in [2.05, 4.69) is 22.5 Å². The van der Waals surface area contributed by atoms with Crippen LogP contribution in [0.5, 0.6) is 0 Å². The lowest BCUT2D eigenvalue weighted by molar-refractivity contribution is -0.122. The van der Waals surface area contributed by atoms with Crippen molar-refractivity contribution in [2.45, 2.75) is 39.7 Å². The number of rotatable bonds is 5. The lowest BCUT2D eigenvalue weighted by atomic mass is 10.1. The average molecular weight is 255 g/mol. The van der Waals surface area contributed by atoms with Gasteiger partial charge < -0.3 is 10.6 Å². The maximum atomic E-state index is 11.7. The number of aryl methyl sites for hydroxylation is 2. The molecule has 1 rings (SSSR count). The van der Waals surface area contributed by atoms with Crippen LogP contribution in [0.2, 0.25) is 0 Å². The number of thiazole rings is 1. The van der Waals surface area contributed by atoms with Gasteiger partial charge in [-0.25, -0.2) is 4.98 Å². The van der Waals surface area contributed by atoms with Crippen LogP contribution in [0.3, 0.4) is 0 Å². The molecule has 5 heteroatoms. The molecule has 0 saturated heterocycles. The summed E-state index contributed by atoms with van der Waals surface area (Å²) < 4.78 is 0. The van der Waals surface area contributed by atoms with Crippen LogP contribution in [-0.4, -0.2) is 24.5 Å². The summed E-state index contributed by atoms with van der Waals surface area (Å²) in [5.74, 6) is 0.0508. The Morgan fingerprint density at radius 1 is 1.41 bits per heavy atom. The molecule has 0 fully saturated rings. The SMILES string of the molecule is CNCCC(=O)NC(C)(C)c1nc(C)c(C)s1. The van der Waals surface area contributed by atoms with E-state index in [9.17, 15) is 4.79 Å². The van der Waals surface area contributed by atoms with Crippen molar-refractivity contribution in [2.75, 3.05) is 13.6 Å². The lowest BCUT2D eigenvalue weighted by Gasteiger charge is -2.23. The van der Waals surface area contributed by atoms with Crippen LogP contribution in [0.15, 0.2) is 0 Å². The number of hydrogen-bond donors (Lipinski definition) is 2. The molecule has 1 heterocycles. The first kappa shape index (κ1) is 14.1. The maximum Gasteiger partial charge on any atom is 0.222 e. The van der Waals surface area contributed by atoms with E-state index in [1.54, 1.807) is 11.3 Å². The summed E-state index contributed by atoms with van der Waals surface area (Å²) in [6.45, 7) is 8.71. The summed E-state index contributed by atoms with van der Waals surface area (Å²) in [4.78, 5) is 17.4.